The third kappa shape index (κ3) is 7.55. The van der Waals surface area contributed by atoms with E-state index < -0.39 is 59.0 Å². The molecule has 3 aromatic carbocycles. The first-order chi connectivity index (χ1) is 30.8. The van der Waals surface area contributed by atoms with Gasteiger partial charge in [0.25, 0.3) is 0 Å². The maximum absolute atomic E-state index is 13.2. The number of amidine groups is 1. The number of nitrogens with zero attached hydrogens (tertiary/aromatic N) is 3. The van der Waals surface area contributed by atoms with Gasteiger partial charge in [-0.25, -0.2) is 9.79 Å². The average molecular weight is 880 g/mol. The highest BCUT2D eigenvalue weighted by Crippen LogP contribution is 2.57. The number of aliphatic carboxylic acids is 1. The van der Waals surface area contributed by atoms with Gasteiger partial charge in [0.1, 0.15) is 64.4 Å². The number of benzene rings is 3. The van der Waals surface area contributed by atoms with E-state index in [1.807, 2.05) is 6.08 Å². The number of rotatable bonds is 13. The number of carbonyl (C=O) groups is 1. The van der Waals surface area contributed by atoms with Gasteiger partial charge in [-0.05, 0) is 85.0 Å². The van der Waals surface area contributed by atoms with Crippen molar-refractivity contribution in [3.8, 4) is 34.5 Å². The average Bonchev–Trinajstić information content (AvgIpc) is 4.09. The summed E-state index contributed by atoms with van der Waals surface area (Å²) in [5.74, 6) is -2.24. The van der Waals surface area contributed by atoms with Crippen molar-refractivity contribution in [1.82, 2.24) is 0 Å². The second-order valence-corrected chi connectivity index (χ2v) is 17.2. The smallest absolute Gasteiger partial charge is 0.336 e. The summed E-state index contributed by atoms with van der Waals surface area (Å²) in [5.41, 5.74) is -2.83. The Morgan fingerprint density at radius 3 is 2.36 bits per heavy atom. The van der Waals surface area contributed by atoms with Crippen LogP contribution in [-0.2, 0) is 15.1 Å². The Bertz CT molecular complexity index is 2470. The number of phenolic OH excluding ortho intramolecular Hbond substituents is 2. The zero-order chi connectivity index (χ0) is 44.8. The number of aliphatic hydroxyl groups excluding tert-OH is 3. The number of phenols is 2. The number of nitrogens with two attached hydrogens (primary N) is 1. The van der Waals surface area contributed by atoms with E-state index in [0.29, 0.717) is 67.1 Å². The molecule has 3 aromatic rings. The second kappa shape index (κ2) is 17.0. The molecule has 3 fully saturated rings. The summed E-state index contributed by atoms with van der Waals surface area (Å²) in [6.45, 7) is 0.439. The third-order valence-corrected chi connectivity index (χ3v) is 13.4. The molecule has 64 heavy (non-hydrogen) atoms. The predicted octanol–water partition coefficient (Wildman–Crippen LogP) is 3.99. The lowest BCUT2D eigenvalue weighted by molar-refractivity contribution is -0.326. The van der Waals surface area contributed by atoms with Crippen molar-refractivity contribution < 1.29 is 69.6 Å². The van der Waals surface area contributed by atoms with Gasteiger partial charge < -0.3 is 59.4 Å². The fraction of sp³-hybridized carbons (Fsp3) is 0.426. The number of hydrogen-bond donors (Lipinski definition) is 8. The van der Waals surface area contributed by atoms with Gasteiger partial charge in [0, 0.05) is 30.1 Å². The molecule has 2 saturated carbocycles. The van der Waals surface area contributed by atoms with Crippen LogP contribution in [0, 0.1) is 5.41 Å². The van der Waals surface area contributed by atoms with Crippen molar-refractivity contribution in [2.45, 2.75) is 106 Å². The normalized spacial score (nSPS) is 27.8. The Hall–Kier alpha value is -6.27. The molecule has 17 nitrogen and oxygen atoms in total. The van der Waals surface area contributed by atoms with Gasteiger partial charge in [0.2, 0.25) is 12.0 Å². The van der Waals surface area contributed by atoms with Crippen LogP contribution in [0.15, 0.2) is 87.8 Å². The van der Waals surface area contributed by atoms with Gasteiger partial charge in [0.15, 0.2) is 23.3 Å². The van der Waals surface area contributed by atoms with E-state index >= 15 is 0 Å². The van der Waals surface area contributed by atoms with Crippen molar-refractivity contribution in [3.05, 3.63) is 89.5 Å². The molecule has 0 aromatic heterocycles. The fourth-order valence-electron chi connectivity index (χ4n) is 10.2. The van der Waals surface area contributed by atoms with Gasteiger partial charge in [-0.2, -0.15) is 0 Å². The molecule has 9 N–H and O–H groups in total. The molecule has 4 aliphatic heterocycles. The first-order valence-electron chi connectivity index (χ1n) is 21.6. The van der Waals surface area contributed by atoms with Crippen LogP contribution < -0.4 is 24.4 Å². The van der Waals surface area contributed by atoms with Crippen LogP contribution in [0.5, 0.6) is 34.5 Å². The Kier molecular flexibility index (Phi) is 11.4. The van der Waals surface area contributed by atoms with E-state index in [2.05, 4.69) is 15.0 Å². The first kappa shape index (κ1) is 43.0. The van der Waals surface area contributed by atoms with Crippen LogP contribution in [0.2, 0.25) is 0 Å². The number of aromatic hydroxyl groups is 2. The molecule has 4 heterocycles. The van der Waals surface area contributed by atoms with Crippen LogP contribution in [0.25, 0.3) is 5.76 Å². The number of aliphatic imine (C=N–C) groups is 3. The molecule has 9 rings (SSSR count). The predicted molar refractivity (Wildman–Crippen MR) is 231 cm³/mol. The first-order valence-corrected chi connectivity index (χ1v) is 21.6. The minimum absolute atomic E-state index is 0.00949. The molecular weight excluding hydrogens is 829 g/mol. The van der Waals surface area contributed by atoms with Crippen molar-refractivity contribution in [1.29, 1.82) is 0 Å². The van der Waals surface area contributed by atoms with Crippen LogP contribution in [0.3, 0.4) is 0 Å². The molecule has 1 unspecified atom stereocenters. The quantitative estimate of drug-likeness (QED) is 0.121. The maximum Gasteiger partial charge on any atom is 0.336 e. The SMILES string of the molecule is [NH2+]=C1C=CC(CCOc2ccc(C3C=C(O)c4c(cc(O[C@@H]5O[C@H](C(=O)O)[C@](O)(C6(C7=NC=NC7)CCCCC6)[C@@H](O)[C@H]5O)c(OC5(c6cccc(O)c6)CCCC5)c4O)O3)cc2)=N1. The molecule has 2 aliphatic carbocycles. The Balaban J connectivity index is 1.06. The Morgan fingerprint density at radius 1 is 0.938 bits per heavy atom. The summed E-state index contributed by atoms with van der Waals surface area (Å²) in [6, 6.07) is 14.8. The number of aliphatic hydroxyl groups is 4. The molecule has 6 aliphatic rings. The highest BCUT2D eigenvalue weighted by molar-refractivity contribution is 6.13. The van der Waals surface area contributed by atoms with E-state index in [-0.39, 0.29) is 53.7 Å². The van der Waals surface area contributed by atoms with Crippen LogP contribution >= 0.6 is 0 Å². The minimum atomic E-state index is -2.57. The number of carboxylic acids is 1. The number of hydrogen-bond acceptors (Lipinski definition) is 14. The van der Waals surface area contributed by atoms with Crippen molar-refractivity contribution in [2.24, 2.45) is 20.4 Å². The van der Waals surface area contributed by atoms with Crippen molar-refractivity contribution >= 4 is 35.3 Å². The third-order valence-electron chi connectivity index (χ3n) is 13.4. The van der Waals surface area contributed by atoms with Crippen LogP contribution in [0.1, 0.15) is 87.0 Å². The largest absolute Gasteiger partial charge is 0.508 e. The van der Waals surface area contributed by atoms with Gasteiger partial charge in [-0.3, -0.25) is 10.4 Å². The van der Waals surface area contributed by atoms with E-state index in [1.54, 1.807) is 48.5 Å². The molecule has 1 saturated heterocycles. The Labute approximate surface area is 367 Å². The van der Waals surface area contributed by atoms with Gasteiger partial charge >= 0.3 is 11.8 Å². The monoisotopic (exact) mass is 879 g/mol. The highest BCUT2D eigenvalue weighted by Gasteiger charge is 2.69. The molecule has 0 amide bonds. The zero-order valence-electron chi connectivity index (χ0n) is 34.9. The van der Waals surface area contributed by atoms with E-state index in [4.69, 9.17) is 29.1 Å². The lowest BCUT2D eigenvalue weighted by atomic mass is 9.55. The standard InChI is InChI=1S/C47H50N4O13/c48-36-14-11-28(51-36)15-20-60-30-12-9-26(10-13-30)32-22-31(53)37-33(61-32)23-34(40(38(37)54)64-46(18-4-5-19-46)27-7-6-8-29(52)21-27)62-44-39(55)41(56)47(59,42(63-44)43(57)58)45(16-2-1-3-17-45)35-24-49-25-50-35/h6-14,21-23,25,32,39,41-42,44,48,52-56,59H,1-5,15-20,24H2,(H,57,58)/p+1/t32?,39-,41+,42-,44-,47+/m1/s1. The molecule has 0 bridgehead atoms. The summed E-state index contributed by atoms with van der Waals surface area (Å²) >= 11 is 0. The summed E-state index contributed by atoms with van der Waals surface area (Å²) in [4.78, 5) is 26.0. The van der Waals surface area contributed by atoms with Gasteiger partial charge in [-0.15, -0.1) is 0 Å². The number of fused-ring (bicyclic) bond motifs is 1. The second-order valence-electron chi connectivity index (χ2n) is 17.2. The van der Waals surface area contributed by atoms with Crippen molar-refractivity contribution in [3.63, 3.8) is 0 Å². The van der Waals surface area contributed by atoms with Gasteiger partial charge in [0.05, 0.1) is 18.9 Å². The molecular formula is C47H51N4O13+. The lowest BCUT2D eigenvalue weighted by Crippen LogP contribution is -2.76. The Morgan fingerprint density at radius 2 is 1.69 bits per heavy atom. The molecule has 0 radical (unpaired) electrons. The molecule has 0 spiro atoms. The highest BCUT2D eigenvalue weighted by atomic mass is 16.7. The van der Waals surface area contributed by atoms with E-state index in [9.17, 15) is 40.5 Å². The summed E-state index contributed by atoms with van der Waals surface area (Å²) in [5, 5.41) is 87.1. The van der Waals surface area contributed by atoms with Crippen LogP contribution in [0.4, 0.5) is 0 Å². The number of carboxylic acid groups (broad SMARTS) is 1. The summed E-state index contributed by atoms with van der Waals surface area (Å²) < 4.78 is 31.4. The minimum Gasteiger partial charge on any atom is -0.508 e. The molecule has 6 atom stereocenters. The van der Waals surface area contributed by atoms with Crippen LogP contribution in [-0.4, -0.2) is 109 Å². The number of allylic oxidation sites excluding steroid dienone is 1. The van der Waals surface area contributed by atoms with E-state index in [1.165, 1.54) is 24.5 Å². The molecule has 17 heteroatoms. The summed E-state index contributed by atoms with van der Waals surface area (Å²) in [6.07, 6.45) is 2.57. The molecule has 336 valence electrons. The van der Waals surface area contributed by atoms with Crippen molar-refractivity contribution in [2.75, 3.05) is 13.2 Å². The lowest BCUT2D eigenvalue weighted by Gasteiger charge is -2.57. The summed E-state index contributed by atoms with van der Waals surface area (Å²) in [7, 11) is 0. The van der Waals surface area contributed by atoms with E-state index in [0.717, 1.165) is 25.0 Å². The maximum atomic E-state index is 13.2. The number of ether oxygens (including phenoxy) is 5. The zero-order valence-corrected chi connectivity index (χ0v) is 34.9. The fourth-order valence-corrected chi connectivity index (χ4v) is 10.2. The van der Waals surface area contributed by atoms with Gasteiger partial charge in [-0.1, -0.05) is 43.5 Å². The topological polar surface area (TPSA) is 268 Å².